The number of aryl methyl sites for hydroxylation is 1. The van der Waals surface area contributed by atoms with Crippen LogP contribution in [0.3, 0.4) is 0 Å². The maximum Gasteiger partial charge on any atom is 0.294 e. The highest BCUT2D eigenvalue weighted by atomic mass is 32.2. The van der Waals surface area contributed by atoms with Crippen LogP contribution in [0.25, 0.3) is 0 Å². The van der Waals surface area contributed by atoms with Crippen LogP contribution in [0.1, 0.15) is 18.4 Å². The van der Waals surface area contributed by atoms with Gasteiger partial charge in [-0.25, -0.2) is 5.11 Å². The first-order valence-corrected chi connectivity index (χ1v) is 8.20. The lowest BCUT2D eigenvalue weighted by Crippen LogP contribution is -2.07. The molecule has 0 spiro atoms. The number of benzene rings is 1. The first-order chi connectivity index (χ1) is 8.66. The normalized spacial score (nSPS) is 12.6. The fourth-order valence-electron chi connectivity index (χ4n) is 1.56. The summed E-state index contributed by atoms with van der Waals surface area (Å²) in [4.78, 5) is -1.19. The molecular formula is C10H13O7S2. The summed E-state index contributed by atoms with van der Waals surface area (Å²) < 4.78 is 62.1. The largest absolute Gasteiger partial charge is 0.294 e. The van der Waals surface area contributed by atoms with Crippen molar-refractivity contribution < 1.29 is 31.0 Å². The molecule has 1 aromatic carbocycles. The van der Waals surface area contributed by atoms with Crippen LogP contribution in [-0.2, 0) is 31.8 Å². The maximum atomic E-state index is 11.2. The Morgan fingerprint density at radius 1 is 0.947 bits per heavy atom. The van der Waals surface area contributed by atoms with Gasteiger partial charge in [0.15, 0.2) is 0 Å². The smallest absolute Gasteiger partial charge is 0.282 e. The Bertz CT molecular complexity index is 646. The van der Waals surface area contributed by atoms with E-state index in [-0.39, 0.29) is 18.6 Å². The molecule has 9 heteroatoms. The Morgan fingerprint density at radius 2 is 1.58 bits per heavy atom. The molecule has 0 unspecified atom stereocenters. The summed E-state index contributed by atoms with van der Waals surface area (Å²) >= 11 is 0. The van der Waals surface area contributed by atoms with Crippen LogP contribution in [-0.4, -0.2) is 32.5 Å². The minimum absolute atomic E-state index is 0.198. The number of hydrogen-bond acceptors (Lipinski definition) is 4. The van der Waals surface area contributed by atoms with Crippen LogP contribution >= 0.6 is 0 Å². The number of unbranched alkanes of at least 4 members (excludes halogenated alkanes) is 1. The Hall–Kier alpha value is -1.00. The van der Waals surface area contributed by atoms with Gasteiger partial charge in [-0.1, -0.05) is 6.07 Å². The molecular weight excluding hydrogens is 296 g/mol. The van der Waals surface area contributed by atoms with E-state index in [0.29, 0.717) is 18.9 Å². The lowest BCUT2D eigenvalue weighted by atomic mass is 10.1. The predicted octanol–water partition coefficient (Wildman–Crippen LogP) is 0.933. The van der Waals surface area contributed by atoms with Gasteiger partial charge in [-0.05, 0) is 37.0 Å². The van der Waals surface area contributed by atoms with Gasteiger partial charge in [-0.2, -0.15) is 16.8 Å². The molecule has 0 saturated carbocycles. The van der Waals surface area contributed by atoms with E-state index in [1.165, 1.54) is 6.07 Å². The Balaban J connectivity index is 3.26. The molecule has 1 aromatic rings. The zero-order chi connectivity index (χ0) is 14.7. The molecule has 0 atom stereocenters. The van der Waals surface area contributed by atoms with Crippen molar-refractivity contribution in [2.24, 2.45) is 0 Å². The number of rotatable bonds is 6. The second-order valence-electron chi connectivity index (χ2n) is 3.88. The van der Waals surface area contributed by atoms with Gasteiger partial charge in [0.25, 0.3) is 20.2 Å². The van der Waals surface area contributed by atoms with Crippen LogP contribution < -0.4 is 0 Å². The van der Waals surface area contributed by atoms with E-state index >= 15 is 0 Å². The molecule has 0 aromatic heterocycles. The van der Waals surface area contributed by atoms with Crippen molar-refractivity contribution in [3.8, 4) is 0 Å². The molecule has 19 heavy (non-hydrogen) atoms. The molecule has 2 N–H and O–H groups in total. The molecule has 0 amide bonds. The first kappa shape index (κ1) is 16.1. The van der Waals surface area contributed by atoms with E-state index < -0.39 is 30.0 Å². The van der Waals surface area contributed by atoms with Crippen molar-refractivity contribution in [2.45, 2.75) is 29.1 Å². The van der Waals surface area contributed by atoms with Gasteiger partial charge in [0.2, 0.25) is 0 Å². The summed E-state index contributed by atoms with van der Waals surface area (Å²) in [6.45, 7) is -0.301. The SMILES string of the molecule is [O]CCCCc1ccc(S(=O)(=O)O)cc1S(=O)(=O)O. The summed E-state index contributed by atoms with van der Waals surface area (Å²) in [7, 11) is -9.16. The van der Waals surface area contributed by atoms with Gasteiger partial charge in [0.05, 0.1) is 16.4 Å². The van der Waals surface area contributed by atoms with Crippen LogP contribution in [0, 0.1) is 0 Å². The molecule has 0 aliphatic heterocycles. The van der Waals surface area contributed by atoms with Gasteiger partial charge in [0.1, 0.15) is 0 Å². The third-order valence-corrected chi connectivity index (χ3v) is 4.24. The van der Waals surface area contributed by atoms with Crippen molar-refractivity contribution in [1.82, 2.24) is 0 Å². The van der Waals surface area contributed by atoms with Gasteiger partial charge < -0.3 is 0 Å². The molecule has 0 saturated heterocycles. The molecule has 0 fully saturated rings. The molecule has 0 bridgehead atoms. The van der Waals surface area contributed by atoms with Crippen molar-refractivity contribution in [1.29, 1.82) is 0 Å². The van der Waals surface area contributed by atoms with Gasteiger partial charge >= 0.3 is 0 Å². The van der Waals surface area contributed by atoms with E-state index in [9.17, 15) is 21.9 Å². The van der Waals surface area contributed by atoms with E-state index in [4.69, 9.17) is 9.11 Å². The maximum absolute atomic E-state index is 11.2. The summed E-state index contributed by atoms with van der Waals surface area (Å²) in [5.41, 5.74) is 0.198. The molecule has 1 radical (unpaired) electrons. The fourth-order valence-corrected chi connectivity index (χ4v) is 2.92. The fraction of sp³-hybridized carbons (Fsp3) is 0.400. The summed E-state index contributed by atoms with van der Waals surface area (Å²) in [5.74, 6) is 0. The monoisotopic (exact) mass is 309 g/mol. The average molecular weight is 309 g/mol. The molecule has 107 valence electrons. The van der Waals surface area contributed by atoms with Crippen molar-refractivity contribution >= 4 is 20.2 Å². The lowest BCUT2D eigenvalue weighted by Gasteiger charge is -2.08. The minimum Gasteiger partial charge on any atom is -0.282 e. The highest BCUT2D eigenvalue weighted by molar-refractivity contribution is 7.86. The molecule has 0 heterocycles. The predicted molar refractivity (Wildman–Crippen MR) is 64.6 cm³/mol. The van der Waals surface area contributed by atoms with Crippen molar-refractivity contribution in [2.75, 3.05) is 6.61 Å². The van der Waals surface area contributed by atoms with Crippen LogP contribution in [0.15, 0.2) is 28.0 Å². The van der Waals surface area contributed by atoms with Gasteiger partial charge in [-0.3, -0.25) is 9.11 Å². The molecule has 1 rings (SSSR count). The zero-order valence-corrected chi connectivity index (χ0v) is 11.4. The summed E-state index contributed by atoms with van der Waals surface area (Å²) in [6, 6.07) is 2.92. The quantitative estimate of drug-likeness (QED) is 0.594. The second-order valence-corrected chi connectivity index (χ2v) is 6.69. The molecule has 0 aliphatic rings. The third-order valence-electron chi connectivity index (χ3n) is 2.45. The Morgan fingerprint density at radius 3 is 2.05 bits per heavy atom. The van der Waals surface area contributed by atoms with E-state index in [0.717, 1.165) is 6.07 Å². The second kappa shape index (κ2) is 5.97. The van der Waals surface area contributed by atoms with Gasteiger partial charge in [0, 0.05) is 0 Å². The Labute approximate surface area is 111 Å². The van der Waals surface area contributed by atoms with Crippen LogP contribution in [0.5, 0.6) is 0 Å². The third kappa shape index (κ3) is 4.55. The molecule has 7 nitrogen and oxygen atoms in total. The van der Waals surface area contributed by atoms with Crippen LogP contribution in [0.4, 0.5) is 0 Å². The summed E-state index contributed by atoms with van der Waals surface area (Å²) in [5, 5.41) is 10.3. The van der Waals surface area contributed by atoms with Gasteiger partial charge in [-0.15, -0.1) is 0 Å². The molecule has 0 aliphatic carbocycles. The van der Waals surface area contributed by atoms with E-state index in [2.05, 4.69) is 0 Å². The highest BCUT2D eigenvalue weighted by Gasteiger charge is 2.19. The van der Waals surface area contributed by atoms with E-state index in [1.807, 2.05) is 0 Å². The lowest BCUT2D eigenvalue weighted by molar-refractivity contribution is 0.187. The minimum atomic E-state index is -4.61. The van der Waals surface area contributed by atoms with Crippen LogP contribution in [0.2, 0.25) is 0 Å². The first-order valence-electron chi connectivity index (χ1n) is 5.32. The topological polar surface area (TPSA) is 129 Å². The zero-order valence-electron chi connectivity index (χ0n) is 9.81. The summed E-state index contributed by atoms with van der Waals surface area (Å²) in [6.07, 6.45) is 0.964. The van der Waals surface area contributed by atoms with Crippen molar-refractivity contribution in [3.63, 3.8) is 0 Å². The van der Waals surface area contributed by atoms with Crippen molar-refractivity contribution in [3.05, 3.63) is 23.8 Å². The standard InChI is InChI=1S/C10H13O7S2/c11-6-2-1-3-8-4-5-9(18(12,13)14)7-10(8)19(15,16)17/h4-5,7H,1-3,6H2,(H,12,13,14)(H,15,16,17). The van der Waals surface area contributed by atoms with E-state index in [1.54, 1.807) is 0 Å². The Kier molecular flexibility index (Phi) is 5.04. The average Bonchev–Trinajstić information content (AvgIpc) is 2.27. The number of hydrogen-bond donors (Lipinski definition) is 2. The highest BCUT2D eigenvalue weighted by Crippen LogP contribution is 2.22.